The van der Waals surface area contributed by atoms with Crippen molar-refractivity contribution in [3.05, 3.63) is 47.0 Å². The van der Waals surface area contributed by atoms with E-state index < -0.39 is 22.0 Å². The molecule has 7 nitrogen and oxygen atoms in total. The number of aryl methyl sites for hydroxylation is 1. The first kappa shape index (κ1) is 22.8. The van der Waals surface area contributed by atoms with Crippen molar-refractivity contribution in [3.63, 3.8) is 0 Å². The molecule has 29 heavy (non-hydrogen) atoms. The van der Waals surface area contributed by atoms with Gasteiger partial charge in [0.25, 0.3) is 0 Å². The maximum absolute atomic E-state index is 13.0. The standard InChI is InChI=1S/C20H25ClN2O5S/c1-6-17(20(24)22-14-8-10-18(27-3)19(11-14)28-4)23(29(5,25)26)15-9-7-13(2)16(21)12-15/h7-12,17H,6H2,1-5H3,(H,22,24). The number of ether oxygens (including phenoxy) is 2. The van der Waals surface area contributed by atoms with Crippen LogP contribution in [0.2, 0.25) is 5.02 Å². The van der Waals surface area contributed by atoms with E-state index in [4.69, 9.17) is 21.1 Å². The predicted octanol–water partition coefficient (Wildman–Crippen LogP) is 3.85. The molecule has 1 atom stereocenters. The lowest BCUT2D eigenvalue weighted by atomic mass is 10.1. The zero-order valence-electron chi connectivity index (χ0n) is 17.0. The van der Waals surface area contributed by atoms with Crippen LogP contribution in [0, 0.1) is 6.92 Å². The lowest BCUT2D eigenvalue weighted by Crippen LogP contribution is -2.47. The lowest BCUT2D eigenvalue weighted by molar-refractivity contribution is -0.117. The number of carbonyl (C=O) groups is 1. The van der Waals surface area contributed by atoms with E-state index in [1.807, 2.05) is 6.92 Å². The molecule has 0 spiro atoms. The second kappa shape index (κ2) is 9.37. The Morgan fingerprint density at radius 2 is 1.79 bits per heavy atom. The van der Waals surface area contributed by atoms with E-state index in [0.717, 1.165) is 16.1 Å². The van der Waals surface area contributed by atoms with Gasteiger partial charge in [0.2, 0.25) is 15.9 Å². The van der Waals surface area contributed by atoms with Crippen molar-refractivity contribution in [1.29, 1.82) is 0 Å². The molecule has 1 amide bonds. The fraction of sp³-hybridized carbons (Fsp3) is 0.350. The molecule has 0 aliphatic rings. The summed E-state index contributed by atoms with van der Waals surface area (Å²) in [4.78, 5) is 13.0. The van der Waals surface area contributed by atoms with Crippen LogP contribution in [0.5, 0.6) is 11.5 Å². The summed E-state index contributed by atoms with van der Waals surface area (Å²) in [6.07, 6.45) is 1.32. The minimum atomic E-state index is -3.75. The summed E-state index contributed by atoms with van der Waals surface area (Å²) in [5.41, 5.74) is 1.60. The van der Waals surface area contributed by atoms with E-state index in [9.17, 15) is 13.2 Å². The Bertz CT molecular complexity index is 994. The van der Waals surface area contributed by atoms with Gasteiger partial charge in [-0.15, -0.1) is 0 Å². The monoisotopic (exact) mass is 440 g/mol. The van der Waals surface area contributed by atoms with Gasteiger partial charge >= 0.3 is 0 Å². The zero-order valence-corrected chi connectivity index (χ0v) is 18.6. The van der Waals surface area contributed by atoms with Gasteiger partial charge < -0.3 is 14.8 Å². The maximum Gasteiger partial charge on any atom is 0.248 e. The number of benzene rings is 2. The summed E-state index contributed by atoms with van der Waals surface area (Å²) in [7, 11) is -0.746. The van der Waals surface area contributed by atoms with E-state index in [1.54, 1.807) is 43.3 Å². The Balaban J connectivity index is 2.39. The number of nitrogens with zero attached hydrogens (tertiary/aromatic N) is 1. The van der Waals surface area contributed by atoms with Gasteiger partial charge in [-0.05, 0) is 43.2 Å². The minimum Gasteiger partial charge on any atom is -0.493 e. The van der Waals surface area contributed by atoms with Crippen molar-refractivity contribution in [2.24, 2.45) is 0 Å². The number of carbonyl (C=O) groups excluding carboxylic acids is 1. The SMILES string of the molecule is CCC(C(=O)Nc1ccc(OC)c(OC)c1)N(c1ccc(C)c(Cl)c1)S(C)(=O)=O. The molecular weight excluding hydrogens is 416 g/mol. The van der Waals surface area contributed by atoms with Crippen LogP contribution in [-0.4, -0.2) is 40.8 Å². The van der Waals surface area contributed by atoms with Gasteiger partial charge in [-0.25, -0.2) is 8.42 Å². The second-order valence-corrected chi connectivity index (χ2v) is 8.74. The molecule has 9 heteroatoms. The summed E-state index contributed by atoms with van der Waals surface area (Å²) in [5, 5.41) is 3.18. The topological polar surface area (TPSA) is 84.9 Å². The lowest BCUT2D eigenvalue weighted by Gasteiger charge is -2.30. The highest BCUT2D eigenvalue weighted by atomic mass is 35.5. The summed E-state index contributed by atoms with van der Waals surface area (Å²) >= 11 is 6.18. The molecule has 1 unspecified atom stereocenters. The summed E-state index contributed by atoms with van der Waals surface area (Å²) in [5.74, 6) is 0.495. The van der Waals surface area contributed by atoms with Crippen molar-refractivity contribution < 1.29 is 22.7 Å². The largest absolute Gasteiger partial charge is 0.493 e. The Labute approximate surface area is 176 Å². The van der Waals surface area contributed by atoms with E-state index in [2.05, 4.69) is 5.32 Å². The first-order valence-electron chi connectivity index (χ1n) is 8.90. The Morgan fingerprint density at radius 3 is 2.31 bits per heavy atom. The zero-order chi connectivity index (χ0) is 21.8. The smallest absolute Gasteiger partial charge is 0.248 e. The molecule has 2 rings (SSSR count). The molecule has 0 saturated carbocycles. The summed E-state index contributed by atoms with van der Waals surface area (Å²) in [6.45, 7) is 3.56. The van der Waals surface area contributed by atoms with Gasteiger partial charge in [0.15, 0.2) is 11.5 Å². The van der Waals surface area contributed by atoms with Crippen LogP contribution < -0.4 is 19.1 Å². The predicted molar refractivity (Wildman–Crippen MR) is 116 cm³/mol. The van der Waals surface area contributed by atoms with Gasteiger partial charge in [-0.3, -0.25) is 9.10 Å². The maximum atomic E-state index is 13.0. The molecule has 2 aromatic rings. The van der Waals surface area contributed by atoms with Crippen LogP contribution in [0.15, 0.2) is 36.4 Å². The highest BCUT2D eigenvalue weighted by molar-refractivity contribution is 7.92. The molecule has 0 fully saturated rings. The third kappa shape index (κ3) is 5.33. The van der Waals surface area contributed by atoms with E-state index in [-0.39, 0.29) is 6.42 Å². The summed E-state index contributed by atoms with van der Waals surface area (Å²) in [6, 6.07) is 8.85. The molecule has 0 heterocycles. The van der Waals surface area contributed by atoms with Crippen molar-refractivity contribution in [1.82, 2.24) is 0 Å². The molecule has 0 bridgehead atoms. The second-order valence-electron chi connectivity index (χ2n) is 6.48. The molecule has 0 saturated heterocycles. The first-order valence-corrected chi connectivity index (χ1v) is 11.1. The van der Waals surface area contributed by atoms with Crippen molar-refractivity contribution in [3.8, 4) is 11.5 Å². The Morgan fingerprint density at radius 1 is 1.14 bits per heavy atom. The average molecular weight is 441 g/mol. The number of methoxy groups -OCH3 is 2. The van der Waals surface area contributed by atoms with Crippen molar-refractivity contribution in [2.45, 2.75) is 26.3 Å². The number of rotatable bonds is 8. The van der Waals surface area contributed by atoms with Crippen LogP contribution in [-0.2, 0) is 14.8 Å². The highest BCUT2D eigenvalue weighted by Crippen LogP contribution is 2.31. The fourth-order valence-electron chi connectivity index (χ4n) is 2.92. The molecule has 2 aromatic carbocycles. The quantitative estimate of drug-likeness (QED) is 0.673. The molecule has 0 aliphatic heterocycles. The third-order valence-corrected chi connectivity index (χ3v) is 5.98. The van der Waals surface area contributed by atoms with E-state index in [1.165, 1.54) is 14.2 Å². The van der Waals surface area contributed by atoms with Crippen LogP contribution in [0.25, 0.3) is 0 Å². The van der Waals surface area contributed by atoms with Crippen molar-refractivity contribution >= 4 is 38.9 Å². The first-order chi connectivity index (χ1) is 13.6. The molecular formula is C20H25ClN2O5S. The highest BCUT2D eigenvalue weighted by Gasteiger charge is 2.32. The van der Waals surface area contributed by atoms with E-state index >= 15 is 0 Å². The molecule has 158 valence electrons. The normalized spacial score (nSPS) is 12.2. The van der Waals surface area contributed by atoms with Gasteiger partial charge in [-0.1, -0.05) is 24.6 Å². The van der Waals surface area contributed by atoms with Crippen LogP contribution in [0.1, 0.15) is 18.9 Å². The molecule has 0 radical (unpaired) electrons. The summed E-state index contributed by atoms with van der Waals surface area (Å²) < 4.78 is 36.6. The van der Waals surface area contributed by atoms with Crippen molar-refractivity contribution in [2.75, 3.05) is 30.1 Å². The van der Waals surface area contributed by atoms with Gasteiger partial charge in [0.1, 0.15) is 6.04 Å². The number of sulfonamides is 1. The fourth-order valence-corrected chi connectivity index (χ4v) is 4.30. The number of nitrogens with one attached hydrogen (secondary N) is 1. The van der Waals surface area contributed by atoms with Crippen LogP contribution in [0.3, 0.4) is 0 Å². The number of anilines is 2. The Kier molecular flexibility index (Phi) is 7.37. The van der Waals surface area contributed by atoms with Gasteiger partial charge in [0, 0.05) is 16.8 Å². The third-order valence-electron chi connectivity index (χ3n) is 4.39. The average Bonchev–Trinajstić information content (AvgIpc) is 2.67. The Hall–Kier alpha value is -2.45. The number of halogens is 1. The van der Waals surface area contributed by atoms with Gasteiger partial charge in [0.05, 0.1) is 26.2 Å². The van der Waals surface area contributed by atoms with E-state index in [0.29, 0.717) is 27.9 Å². The minimum absolute atomic E-state index is 0.262. The van der Waals surface area contributed by atoms with Gasteiger partial charge in [-0.2, -0.15) is 0 Å². The number of hydrogen-bond donors (Lipinski definition) is 1. The van der Waals surface area contributed by atoms with Crippen LogP contribution >= 0.6 is 11.6 Å². The molecule has 1 N–H and O–H groups in total. The molecule has 0 aromatic heterocycles. The molecule has 0 aliphatic carbocycles. The number of amides is 1. The van der Waals surface area contributed by atoms with Crippen LogP contribution in [0.4, 0.5) is 11.4 Å². The number of hydrogen-bond acceptors (Lipinski definition) is 5.